The number of hydrogen-bond acceptors (Lipinski definition) is 6. The first-order chi connectivity index (χ1) is 14.0. The Morgan fingerprint density at radius 2 is 2.03 bits per heavy atom. The summed E-state index contributed by atoms with van der Waals surface area (Å²) in [7, 11) is 1.57. The molecule has 1 saturated carbocycles. The Kier molecular flexibility index (Phi) is 4.30. The third kappa shape index (κ3) is 3.17. The van der Waals surface area contributed by atoms with Gasteiger partial charge in [0, 0.05) is 31.1 Å². The van der Waals surface area contributed by atoms with Gasteiger partial charge in [-0.1, -0.05) is 0 Å². The number of hydrogen-bond donors (Lipinski definition) is 2. The minimum Gasteiger partial charge on any atom is -0.495 e. The van der Waals surface area contributed by atoms with Gasteiger partial charge in [-0.2, -0.15) is 5.10 Å². The number of methoxy groups -OCH3 is 1. The predicted molar refractivity (Wildman–Crippen MR) is 99.8 cm³/mol. The summed E-state index contributed by atoms with van der Waals surface area (Å²) in [5.41, 5.74) is 1.41. The summed E-state index contributed by atoms with van der Waals surface area (Å²) >= 11 is 0. The molecule has 2 aliphatic rings. The third-order valence-electron chi connectivity index (χ3n) is 5.30. The van der Waals surface area contributed by atoms with Crippen molar-refractivity contribution < 1.29 is 17.9 Å². The first-order valence-electron chi connectivity index (χ1n) is 9.45. The molecular formula is C19H19F3N6O. The van der Waals surface area contributed by atoms with Crippen LogP contribution in [0.4, 0.5) is 19.0 Å². The summed E-state index contributed by atoms with van der Waals surface area (Å²) in [4.78, 5) is 8.37. The number of aromatic nitrogens is 4. The van der Waals surface area contributed by atoms with E-state index in [0.29, 0.717) is 23.9 Å². The van der Waals surface area contributed by atoms with E-state index in [2.05, 4.69) is 25.7 Å². The number of ether oxygens (including phenoxy) is 1. The fourth-order valence-corrected chi connectivity index (χ4v) is 3.59. The van der Waals surface area contributed by atoms with E-state index in [4.69, 9.17) is 4.74 Å². The average Bonchev–Trinajstić information content (AvgIpc) is 3.36. The number of fused-ring (bicyclic) bond motifs is 1. The van der Waals surface area contributed by atoms with E-state index in [1.54, 1.807) is 13.2 Å². The molecule has 29 heavy (non-hydrogen) atoms. The SMILES string of the molecule is COc1cc2ncc(-c3nc(N[C@H]4CNC[C@@H]4F)c(F)cc3F)n2nc1C1CC1. The van der Waals surface area contributed by atoms with E-state index < -0.39 is 23.8 Å². The van der Waals surface area contributed by atoms with Crippen LogP contribution in [0.2, 0.25) is 0 Å². The summed E-state index contributed by atoms with van der Waals surface area (Å²) in [6, 6.07) is 1.84. The molecule has 0 aromatic carbocycles. The first-order valence-corrected chi connectivity index (χ1v) is 9.45. The van der Waals surface area contributed by atoms with Crippen molar-refractivity contribution in [2.45, 2.75) is 31.0 Å². The summed E-state index contributed by atoms with van der Waals surface area (Å²) in [5.74, 6) is -1.00. The quantitative estimate of drug-likeness (QED) is 0.681. The van der Waals surface area contributed by atoms with Crippen LogP contribution in [0.15, 0.2) is 18.3 Å². The van der Waals surface area contributed by atoms with Crippen molar-refractivity contribution in [1.82, 2.24) is 24.9 Å². The van der Waals surface area contributed by atoms with Gasteiger partial charge in [0.1, 0.15) is 29.0 Å². The zero-order valence-electron chi connectivity index (χ0n) is 15.6. The Bertz CT molecular complexity index is 1080. The molecule has 2 N–H and O–H groups in total. The molecule has 2 fully saturated rings. The van der Waals surface area contributed by atoms with Gasteiger partial charge in [-0.25, -0.2) is 27.7 Å². The van der Waals surface area contributed by atoms with E-state index in [1.165, 1.54) is 10.7 Å². The van der Waals surface area contributed by atoms with Crippen molar-refractivity contribution in [3.63, 3.8) is 0 Å². The summed E-state index contributed by atoms with van der Waals surface area (Å²) in [6.45, 7) is 0.507. The van der Waals surface area contributed by atoms with Gasteiger partial charge in [-0.05, 0) is 12.8 Å². The van der Waals surface area contributed by atoms with Crippen LogP contribution < -0.4 is 15.4 Å². The van der Waals surface area contributed by atoms with Crippen LogP contribution in [-0.4, -0.2) is 52.0 Å². The zero-order valence-corrected chi connectivity index (χ0v) is 15.6. The van der Waals surface area contributed by atoms with Crippen LogP contribution >= 0.6 is 0 Å². The van der Waals surface area contributed by atoms with Crippen LogP contribution in [-0.2, 0) is 0 Å². The second-order valence-electron chi connectivity index (χ2n) is 7.36. The molecule has 1 saturated heterocycles. The largest absolute Gasteiger partial charge is 0.495 e. The number of imidazole rings is 1. The van der Waals surface area contributed by atoms with Crippen LogP contribution in [0.25, 0.3) is 17.0 Å². The first kappa shape index (κ1) is 18.2. The summed E-state index contributed by atoms with van der Waals surface area (Å²) in [5, 5.41) is 10.2. The number of nitrogens with one attached hydrogen (secondary N) is 2. The third-order valence-corrected chi connectivity index (χ3v) is 5.30. The lowest BCUT2D eigenvalue weighted by Gasteiger charge is -2.16. The van der Waals surface area contributed by atoms with Gasteiger partial charge in [-0.3, -0.25) is 0 Å². The maximum absolute atomic E-state index is 14.6. The van der Waals surface area contributed by atoms with Crippen LogP contribution in [0.5, 0.6) is 5.75 Å². The highest BCUT2D eigenvalue weighted by atomic mass is 19.1. The van der Waals surface area contributed by atoms with E-state index in [-0.39, 0.29) is 23.8 Å². The fraction of sp³-hybridized carbons (Fsp3) is 0.421. The second kappa shape index (κ2) is 6.87. The molecule has 4 heterocycles. The lowest BCUT2D eigenvalue weighted by Crippen LogP contribution is -2.30. The maximum atomic E-state index is 14.6. The second-order valence-corrected chi connectivity index (χ2v) is 7.36. The summed E-state index contributed by atoms with van der Waals surface area (Å²) < 4.78 is 49.7. The molecule has 7 nitrogen and oxygen atoms in total. The number of nitrogens with zero attached hydrogens (tertiary/aromatic N) is 4. The predicted octanol–water partition coefficient (Wildman–Crippen LogP) is 2.68. The minimum atomic E-state index is -1.18. The highest BCUT2D eigenvalue weighted by molar-refractivity contribution is 5.63. The molecule has 152 valence electrons. The van der Waals surface area contributed by atoms with Gasteiger partial charge in [-0.15, -0.1) is 0 Å². The molecule has 0 unspecified atom stereocenters. The number of pyridine rings is 1. The molecule has 0 spiro atoms. The lowest BCUT2D eigenvalue weighted by molar-refractivity contribution is 0.341. The van der Waals surface area contributed by atoms with Gasteiger partial charge < -0.3 is 15.4 Å². The Morgan fingerprint density at radius 1 is 1.21 bits per heavy atom. The highest BCUT2D eigenvalue weighted by Gasteiger charge is 2.31. The topological polar surface area (TPSA) is 76.4 Å². The van der Waals surface area contributed by atoms with Crippen molar-refractivity contribution in [3.05, 3.63) is 35.7 Å². The van der Waals surface area contributed by atoms with Crippen LogP contribution in [0.3, 0.4) is 0 Å². The fourth-order valence-electron chi connectivity index (χ4n) is 3.59. The van der Waals surface area contributed by atoms with E-state index in [9.17, 15) is 13.2 Å². The molecule has 1 aliphatic carbocycles. The molecule has 5 rings (SSSR count). The number of anilines is 1. The van der Waals surface area contributed by atoms with E-state index in [0.717, 1.165) is 24.6 Å². The zero-order chi connectivity index (χ0) is 20.1. The van der Waals surface area contributed by atoms with Gasteiger partial charge in [0.05, 0.1) is 19.3 Å². The van der Waals surface area contributed by atoms with E-state index >= 15 is 0 Å². The van der Waals surface area contributed by atoms with Gasteiger partial charge in [0.25, 0.3) is 0 Å². The molecule has 3 aromatic rings. The highest BCUT2D eigenvalue weighted by Crippen LogP contribution is 2.43. The molecule has 0 radical (unpaired) electrons. The molecule has 0 amide bonds. The van der Waals surface area contributed by atoms with Crippen molar-refractivity contribution in [2.75, 3.05) is 25.5 Å². The Morgan fingerprint density at radius 3 is 2.72 bits per heavy atom. The standard InChI is InChI=1S/C19H19F3N6O/c1-29-15-5-16-24-8-14(28(16)27-17(15)9-2-3-9)18-10(20)4-11(21)19(26-18)25-13-7-23-6-12(13)22/h4-5,8-9,12-13,23H,2-3,6-7H2,1H3,(H,25,26)/t12-,13-/m0/s1. The number of rotatable bonds is 5. The minimum absolute atomic E-state index is 0.109. The lowest BCUT2D eigenvalue weighted by atomic mass is 10.2. The number of halogens is 3. The van der Waals surface area contributed by atoms with Crippen molar-refractivity contribution in [1.29, 1.82) is 0 Å². The molecule has 0 bridgehead atoms. The average molecular weight is 404 g/mol. The normalized spacial score (nSPS) is 21.7. The van der Waals surface area contributed by atoms with Crippen LogP contribution in [0.1, 0.15) is 24.5 Å². The van der Waals surface area contributed by atoms with Gasteiger partial charge in [0.2, 0.25) is 0 Å². The van der Waals surface area contributed by atoms with Crippen LogP contribution in [0, 0.1) is 11.6 Å². The Balaban J connectivity index is 1.59. The monoisotopic (exact) mass is 404 g/mol. The number of alkyl halides is 1. The van der Waals surface area contributed by atoms with E-state index in [1.807, 2.05) is 0 Å². The molecule has 1 aliphatic heterocycles. The molecule has 2 atom stereocenters. The Labute approximate surface area is 164 Å². The van der Waals surface area contributed by atoms with Gasteiger partial charge in [0.15, 0.2) is 23.1 Å². The summed E-state index contributed by atoms with van der Waals surface area (Å²) in [6.07, 6.45) is 2.27. The molecule has 10 heteroatoms. The van der Waals surface area contributed by atoms with Crippen molar-refractivity contribution in [3.8, 4) is 17.1 Å². The van der Waals surface area contributed by atoms with Crippen molar-refractivity contribution >= 4 is 11.5 Å². The maximum Gasteiger partial charge on any atom is 0.168 e. The molecular weight excluding hydrogens is 385 g/mol. The van der Waals surface area contributed by atoms with Gasteiger partial charge >= 0.3 is 0 Å². The molecule has 3 aromatic heterocycles. The smallest absolute Gasteiger partial charge is 0.168 e. The Hall–Kier alpha value is -2.88. The van der Waals surface area contributed by atoms with Crippen molar-refractivity contribution in [2.24, 2.45) is 0 Å².